The Hall–Kier alpha value is -1.42. The quantitative estimate of drug-likeness (QED) is 0.765. The molecule has 0 radical (unpaired) electrons. The zero-order chi connectivity index (χ0) is 14.3. The number of aliphatic hydroxyl groups is 1. The summed E-state index contributed by atoms with van der Waals surface area (Å²) in [5.41, 5.74) is 0.157. The SMILES string of the molecule is CN(CCCCCO)S(=O)(=O)c1ccccc1C#N. The summed E-state index contributed by atoms with van der Waals surface area (Å²) >= 11 is 0. The van der Waals surface area contributed by atoms with E-state index in [1.54, 1.807) is 12.1 Å². The largest absolute Gasteiger partial charge is 0.396 e. The molecule has 1 aromatic carbocycles. The molecule has 0 aliphatic carbocycles. The monoisotopic (exact) mass is 282 g/mol. The molecular weight excluding hydrogens is 264 g/mol. The molecule has 0 bridgehead atoms. The highest BCUT2D eigenvalue weighted by Crippen LogP contribution is 2.18. The van der Waals surface area contributed by atoms with Crippen molar-refractivity contribution in [2.24, 2.45) is 0 Å². The van der Waals surface area contributed by atoms with Crippen molar-refractivity contribution >= 4 is 10.0 Å². The van der Waals surface area contributed by atoms with Crippen LogP contribution in [0.2, 0.25) is 0 Å². The summed E-state index contributed by atoms with van der Waals surface area (Å²) in [5, 5.41) is 17.6. The minimum Gasteiger partial charge on any atom is -0.396 e. The highest BCUT2D eigenvalue weighted by atomic mass is 32.2. The summed E-state index contributed by atoms with van der Waals surface area (Å²) in [7, 11) is -2.12. The third-order valence-electron chi connectivity index (χ3n) is 2.83. The third kappa shape index (κ3) is 4.03. The number of rotatable bonds is 7. The van der Waals surface area contributed by atoms with Crippen LogP contribution in [0, 0.1) is 11.3 Å². The minimum absolute atomic E-state index is 0.0437. The van der Waals surface area contributed by atoms with E-state index in [1.165, 1.54) is 23.5 Å². The maximum atomic E-state index is 12.3. The number of benzene rings is 1. The zero-order valence-electron chi connectivity index (χ0n) is 10.9. The van der Waals surface area contributed by atoms with E-state index in [1.807, 2.05) is 6.07 Å². The molecule has 0 amide bonds. The molecule has 0 aliphatic heterocycles. The van der Waals surface area contributed by atoms with Crippen molar-refractivity contribution in [3.63, 3.8) is 0 Å². The van der Waals surface area contributed by atoms with Crippen molar-refractivity contribution in [2.45, 2.75) is 24.2 Å². The lowest BCUT2D eigenvalue weighted by atomic mass is 10.2. The van der Waals surface area contributed by atoms with Gasteiger partial charge in [0.1, 0.15) is 6.07 Å². The first kappa shape index (κ1) is 15.6. The normalized spacial score (nSPS) is 11.5. The van der Waals surface area contributed by atoms with Crippen LogP contribution >= 0.6 is 0 Å². The van der Waals surface area contributed by atoms with E-state index in [2.05, 4.69) is 0 Å². The lowest BCUT2D eigenvalue weighted by Gasteiger charge is -2.17. The number of hydrogen-bond donors (Lipinski definition) is 1. The van der Waals surface area contributed by atoms with Crippen LogP contribution < -0.4 is 0 Å². The van der Waals surface area contributed by atoms with Gasteiger partial charge in [-0.3, -0.25) is 0 Å². The molecule has 0 unspecified atom stereocenters. The summed E-state index contributed by atoms with van der Waals surface area (Å²) < 4.78 is 25.9. The van der Waals surface area contributed by atoms with Gasteiger partial charge in [-0.15, -0.1) is 0 Å². The lowest BCUT2D eigenvalue weighted by molar-refractivity contribution is 0.281. The Labute approximate surface area is 114 Å². The van der Waals surface area contributed by atoms with Crippen LogP contribution in [0.3, 0.4) is 0 Å². The Bertz CT molecular complexity index is 549. The molecule has 19 heavy (non-hydrogen) atoms. The fourth-order valence-corrected chi connectivity index (χ4v) is 3.04. The third-order valence-corrected chi connectivity index (χ3v) is 4.74. The highest BCUT2D eigenvalue weighted by Gasteiger charge is 2.23. The van der Waals surface area contributed by atoms with Gasteiger partial charge in [0.2, 0.25) is 10.0 Å². The summed E-state index contributed by atoms with van der Waals surface area (Å²) in [6.07, 6.45) is 2.13. The van der Waals surface area contributed by atoms with E-state index in [0.29, 0.717) is 19.4 Å². The molecule has 1 N–H and O–H groups in total. The van der Waals surface area contributed by atoms with E-state index < -0.39 is 10.0 Å². The van der Waals surface area contributed by atoms with Gasteiger partial charge in [0.05, 0.1) is 10.5 Å². The van der Waals surface area contributed by atoms with E-state index in [9.17, 15) is 8.42 Å². The Kier molecular flexibility index (Phi) is 5.96. The molecule has 6 heteroatoms. The van der Waals surface area contributed by atoms with Gasteiger partial charge in [-0.2, -0.15) is 5.26 Å². The Morgan fingerprint density at radius 2 is 1.95 bits per heavy atom. The molecule has 0 aliphatic rings. The average molecular weight is 282 g/mol. The molecule has 5 nitrogen and oxygen atoms in total. The van der Waals surface area contributed by atoms with Crippen molar-refractivity contribution in [3.8, 4) is 6.07 Å². The van der Waals surface area contributed by atoms with Crippen LogP contribution in [0.1, 0.15) is 24.8 Å². The number of aliphatic hydroxyl groups excluding tert-OH is 1. The first-order chi connectivity index (χ1) is 9.04. The van der Waals surface area contributed by atoms with Crippen molar-refractivity contribution in [1.29, 1.82) is 5.26 Å². The summed E-state index contributed by atoms with van der Waals surface area (Å²) in [6.45, 7) is 0.496. The highest BCUT2D eigenvalue weighted by molar-refractivity contribution is 7.89. The number of nitrogens with zero attached hydrogens (tertiary/aromatic N) is 2. The maximum absolute atomic E-state index is 12.3. The summed E-state index contributed by atoms with van der Waals surface area (Å²) in [4.78, 5) is 0.0437. The van der Waals surface area contributed by atoms with Crippen molar-refractivity contribution in [1.82, 2.24) is 4.31 Å². The van der Waals surface area contributed by atoms with Crippen LogP contribution in [0.25, 0.3) is 0 Å². The molecule has 0 fully saturated rings. The first-order valence-electron chi connectivity index (χ1n) is 6.10. The van der Waals surface area contributed by atoms with E-state index >= 15 is 0 Å². The molecule has 104 valence electrons. The van der Waals surface area contributed by atoms with Gasteiger partial charge < -0.3 is 5.11 Å². The van der Waals surface area contributed by atoms with Gasteiger partial charge in [0.15, 0.2) is 0 Å². The second-order valence-corrected chi connectivity index (χ2v) is 6.23. The first-order valence-corrected chi connectivity index (χ1v) is 7.54. The fraction of sp³-hybridized carbons (Fsp3) is 0.462. The van der Waals surface area contributed by atoms with Crippen LogP contribution in [0.4, 0.5) is 0 Å². The molecule has 0 atom stereocenters. The van der Waals surface area contributed by atoms with E-state index in [0.717, 1.165) is 6.42 Å². The number of unbranched alkanes of at least 4 members (excludes halogenated alkanes) is 2. The number of nitriles is 1. The molecule has 1 rings (SSSR count). The topological polar surface area (TPSA) is 81.4 Å². The second-order valence-electron chi connectivity index (χ2n) is 4.22. The smallest absolute Gasteiger partial charge is 0.244 e. The average Bonchev–Trinajstić information content (AvgIpc) is 2.43. The Balaban J connectivity index is 2.83. The van der Waals surface area contributed by atoms with Gasteiger partial charge in [-0.05, 0) is 31.4 Å². The van der Waals surface area contributed by atoms with Crippen LogP contribution in [-0.2, 0) is 10.0 Å². The van der Waals surface area contributed by atoms with E-state index in [4.69, 9.17) is 10.4 Å². The lowest BCUT2D eigenvalue weighted by Crippen LogP contribution is -2.28. The van der Waals surface area contributed by atoms with Gasteiger partial charge in [0, 0.05) is 20.2 Å². The molecule has 0 saturated heterocycles. The molecule has 0 saturated carbocycles. The Morgan fingerprint density at radius 3 is 2.58 bits per heavy atom. The number of sulfonamides is 1. The fourth-order valence-electron chi connectivity index (χ4n) is 1.70. The van der Waals surface area contributed by atoms with Crippen molar-refractivity contribution < 1.29 is 13.5 Å². The Morgan fingerprint density at radius 1 is 1.26 bits per heavy atom. The summed E-state index contributed by atoms with van der Waals surface area (Å²) in [5.74, 6) is 0. The van der Waals surface area contributed by atoms with Gasteiger partial charge in [0.25, 0.3) is 0 Å². The van der Waals surface area contributed by atoms with Gasteiger partial charge in [-0.1, -0.05) is 12.1 Å². The maximum Gasteiger partial charge on any atom is 0.244 e. The van der Waals surface area contributed by atoms with Gasteiger partial charge in [-0.25, -0.2) is 12.7 Å². The van der Waals surface area contributed by atoms with Crippen molar-refractivity contribution in [2.75, 3.05) is 20.2 Å². The van der Waals surface area contributed by atoms with Gasteiger partial charge >= 0.3 is 0 Å². The molecular formula is C13H18N2O3S. The molecule has 0 aromatic heterocycles. The number of hydrogen-bond acceptors (Lipinski definition) is 4. The summed E-state index contributed by atoms with van der Waals surface area (Å²) in [6, 6.07) is 8.07. The molecule has 0 heterocycles. The van der Waals surface area contributed by atoms with Crippen LogP contribution in [-0.4, -0.2) is 38.0 Å². The van der Waals surface area contributed by atoms with E-state index in [-0.39, 0.29) is 17.1 Å². The molecule has 1 aromatic rings. The van der Waals surface area contributed by atoms with Crippen LogP contribution in [0.5, 0.6) is 0 Å². The predicted molar refractivity (Wildman–Crippen MR) is 71.9 cm³/mol. The predicted octanol–water partition coefficient (Wildman–Crippen LogP) is 1.34. The minimum atomic E-state index is -3.62. The standard InChI is InChI=1S/C13H18N2O3S/c1-15(9-5-2-6-10-16)19(17,18)13-8-4-3-7-12(13)11-14/h3-4,7-8,16H,2,5-6,9-10H2,1H3. The second kappa shape index (κ2) is 7.24. The van der Waals surface area contributed by atoms with Crippen LogP contribution in [0.15, 0.2) is 29.2 Å². The molecule has 0 spiro atoms. The van der Waals surface area contributed by atoms with Crippen molar-refractivity contribution in [3.05, 3.63) is 29.8 Å². The zero-order valence-corrected chi connectivity index (χ0v) is 11.7.